The summed E-state index contributed by atoms with van der Waals surface area (Å²) in [6, 6.07) is 13.6. The molecular formula is C20H24N2O4S. The summed E-state index contributed by atoms with van der Waals surface area (Å²) in [4.78, 5) is 14.4. The Morgan fingerprint density at radius 3 is 2.37 bits per heavy atom. The van der Waals surface area contributed by atoms with Crippen molar-refractivity contribution in [3.8, 4) is 0 Å². The van der Waals surface area contributed by atoms with Gasteiger partial charge in [-0.1, -0.05) is 12.1 Å². The fourth-order valence-electron chi connectivity index (χ4n) is 3.12. The Morgan fingerprint density at radius 1 is 1.11 bits per heavy atom. The highest BCUT2D eigenvalue weighted by Crippen LogP contribution is 2.24. The number of ether oxygens (including phenoxy) is 1. The number of benzene rings is 2. The molecule has 1 saturated heterocycles. The predicted octanol–water partition coefficient (Wildman–Crippen LogP) is 2.68. The summed E-state index contributed by atoms with van der Waals surface area (Å²) in [6.45, 7) is 6.21. The Bertz CT molecular complexity index is 904. The van der Waals surface area contributed by atoms with Crippen molar-refractivity contribution in [2.75, 3.05) is 37.2 Å². The van der Waals surface area contributed by atoms with Crippen molar-refractivity contribution in [2.45, 2.75) is 18.7 Å². The minimum atomic E-state index is -3.70. The Balaban J connectivity index is 1.85. The molecule has 2 aromatic carbocycles. The predicted molar refractivity (Wildman–Crippen MR) is 105 cm³/mol. The standard InChI is InChI=1S/C20H24N2O4S/c1-3-22(18-6-4-5-16(2)15-18)27(24,25)19-9-7-17(8-10-19)20(23)21-11-13-26-14-12-21/h4-10,15H,3,11-14H2,1-2H3. The molecule has 144 valence electrons. The van der Waals surface area contributed by atoms with E-state index in [1.54, 1.807) is 30.0 Å². The number of carbonyl (C=O) groups excluding carboxylic acids is 1. The van der Waals surface area contributed by atoms with Gasteiger partial charge in [-0.05, 0) is 55.8 Å². The average Bonchev–Trinajstić information content (AvgIpc) is 2.68. The van der Waals surface area contributed by atoms with E-state index in [1.807, 2.05) is 25.1 Å². The lowest BCUT2D eigenvalue weighted by atomic mass is 10.2. The lowest BCUT2D eigenvalue weighted by Gasteiger charge is -2.27. The maximum absolute atomic E-state index is 13.1. The number of aryl methyl sites for hydroxylation is 1. The van der Waals surface area contributed by atoms with Crippen LogP contribution in [0.25, 0.3) is 0 Å². The lowest BCUT2D eigenvalue weighted by molar-refractivity contribution is 0.0303. The fraction of sp³-hybridized carbons (Fsp3) is 0.350. The van der Waals surface area contributed by atoms with Crippen LogP contribution in [0.3, 0.4) is 0 Å². The number of nitrogens with zero attached hydrogens (tertiary/aromatic N) is 2. The summed E-state index contributed by atoms with van der Waals surface area (Å²) in [5.41, 5.74) is 2.10. The number of sulfonamides is 1. The van der Waals surface area contributed by atoms with Crippen LogP contribution in [0, 0.1) is 6.92 Å². The van der Waals surface area contributed by atoms with Crippen molar-refractivity contribution in [3.05, 3.63) is 59.7 Å². The quantitative estimate of drug-likeness (QED) is 0.790. The normalized spacial score (nSPS) is 14.8. The summed E-state index contributed by atoms with van der Waals surface area (Å²) in [7, 11) is -3.70. The first kappa shape index (κ1) is 19.4. The fourth-order valence-corrected chi connectivity index (χ4v) is 4.59. The number of hydrogen-bond acceptors (Lipinski definition) is 4. The van der Waals surface area contributed by atoms with Crippen molar-refractivity contribution in [3.63, 3.8) is 0 Å². The highest BCUT2D eigenvalue weighted by Gasteiger charge is 2.25. The van der Waals surface area contributed by atoms with Gasteiger partial charge in [0.25, 0.3) is 15.9 Å². The molecule has 6 nitrogen and oxygen atoms in total. The van der Waals surface area contributed by atoms with Crippen LogP contribution >= 0.6 is 0 Å². The SMILES string of the molecule is CCN(c1cccc(C)c1)S(=O)(=O)c1ccc(C(=O)N2CCOCC2)cc1. The number of anilines is 1. The molecule has 0 radical (unpaired) electrons. The smallest absolute Gasteiger partial charge is 0.264 e. The van der Waals surface area contributed by atoms with Crippen LogP contribution in [0.15, 0.2) is 53.4 Å². The molecule has 0 N–H and O–H groups in total. The molecule has 1 aliphatic heterocycles. The molecule has 1 aliphatic rings. The molecule has 0 saturated carbocycles. The molecule has 0 unspecified atom stereocenters. The zero-order valence-electron chi connectivity index (χ0n) is 15.6. The molecule has 7 heteroatoms. The minimum absolute atomic E-state index is 0.103. The number of hydrogen-bond donors (Lipinski definition) is 0. The van der Waals surface area contributed by atoms with Crippen LogP contribution in [0.5, 0.6) is 0 Å². The highest BCUT2D eigenvalue weighted by molar-refractivity contribution is 7.92. The van der Waals surface area contributed by atoms with Gasteiger partial charge in [0.2, 0.25) is 0 Å². The van der Waals surface area contributed by atoms with E-state index >= 15 is 0 Å². The Labute approximate surface area is 160 Å². The van der Waals surface area contributed by atoms with Gasteiger partial charge in [0.15, 0.2) is 0 Å². The topological polar surface area (TPSA) is 66.9 Å². The summed E-state index contributed by atoms with van der Waals surface area (Å²) in [5.74, 6) is -0.103. The molecule has 1 amide bonds. The average molecular weight is 388 g/mol. The van der Waals surface area contributed by atoms with Crippen molar-refractivity contribution in [1.29, 1.82) is 0 Å². The van der Waals surface area contributed by atoms with Gasteiger partial charge in [-0.2, -0.15) is 0 Å². The van der Waals surface area contributed by atoms with E-state index in [1.165, 1.54) is 16.4 Å². The molecule has 27 heavy (non-hydrogen) atoms. The van der Waals surface area contributed by atoms with Crippen LogP contribution < -0.4 is 4.31 Å². The van der Waals surface area contributed by atoms with Gasteiger partial charge in [-0.25, -0.2) is 8.42 Å². The third kappa shape index (κ3) is 4.14. The molecule has 2 aromatic rings. The van der Waals surface area contributed by atoms with Crippen LogP contribution in [0.4, 0.5) is 5.69 Å². The Hall–Kier alpha value is -2.38. The third-order valence-electron chi connectivity index (χ3n) is 4.56. The molecule has 1 fully saturated rings. The molecule has 0 aliphatic carbocycles. The molecule has 3 rings (SSSR count). The van der Waals surface area contributed by atoms with Gasteiger partial charge >= 0.3 is 0 Å². The molecule has 0 spiro atoms. The number of carbonyl (C=O) groups is 1. The zero-order valence-corrected chi connectivity index (χ0v) is 16.4. The van der Waals surface area contributed by atoms with Crippen LogP contribution in [0.1, 0.15) is 22.8 Å². The van der Waals surface area contributed by atoms with E-state index in [0.29, 0.717) is 44.1 Å². The van der Waals surface area contributed by atoms with Crippen molar-refractivity contribution in [1.82, 2.24) is 4.90 Å². The second kappa shape index (κ2) is 8.10. The summed E-state index contributed by atoms with van der Waals surface area (Å²) >= 11 is 0. The Kier molecular flexibility index (Phi) is 5.82. The maximum Gasteiger partial charge on any atom is 0.264 e. The number of rotatable bonds is 5. The monoisotopic (exact) mass is 388 g/mol. The molecule has 0 bridgehead atoms. The van der Waals surface area contributed by atoms with Crippen molar-refractivity contribution in [2.24, 2.45) is 0 Å². The van der Waals surface area contributed by atoms with Gasteiger partial charge in [0.1, 0.15) is 0 Å². The zero-order chi connectivity index (χ0) is 19.4. The van der Waals surface area contributed by atoms with Crippen LogP contribution in [-0.2, 0) is 14.8 Å². The minimum Gasteiger partial charge on any atom is -0.378 e. The van der Waals surface area contributed by atoms with Crippen molar-refractivity contribution < 1.29 is 17.9 Å². The van der Waals surface area contributed by atoms with E-state index in [2.05, 4.69) is 0 Å². The lowest BCUT2D eigenvalue weighted by Crippen LogP contribution is -2.40. The molecule has 1 heterocycles. The number of morpholine rings is 1. The van der Waals surface area contributed by atoms with E-state index in [-0.39, 0.29) is 10.8 Å². The van der Waals surface area contributed by atoms with Gasteiger partial charge in [0, 0.05) is 25.2 Å². The summed E-state index contributed by atoms with van der Waals surface area (Å²) in [5, 5.41) is 0. The van der Waals surface area contributed by atoms with Crippen LogP contribution in [0.2, 0.25) is 0 Å². The summed E-state index contributed by atoms with van der Waals surface area (Å²) in [6.07, 6.45) is 0. The van der Waals surface area contributed by atoms with E-state index < -0.39 is 10.0 Å². The van der Waals surface area contributed by atoms with Crippen molar-refractivity contribution >= 4 is 21.6 Å². The molecule has 0 aromatic heterocycles. The maximum atomic E-state index is 13.1. The first-order chi connectivity index (χ1) is 12.9. The van der Waals surface area contributed by atoms with E-state index in [9.17, 15) is 13.2 Å². The Morgan fingerprint density at radius 2 is 1.78 bits per heavy atom. The van der Waals surface area contributed by atoms with Gasteiger partial charge in [-0.3, -0.25) is 9.10 Å². The van der Waals surface area contributed by atoms with Gasteiger partial charge < -0.3 is 9.64 Å². The molecular weight excluding hydrogens is 364 g/mol. The number of amides is 1. The van der Waals surface area contributed by atoms with E-state index in [4.69, 9.17) is 4.74 Å². The van der Waals surface area contributed by atoms with E-state index in [0.717, 1.165) is 5.56 Å². The first-order valence-corrected chi connectivity index (χ1v) is 10.4. The molecule has 0 atom stereocenters. The first-order valence-electron chi connectivity index (χ1n) is 9.00. The third-order valence-corrected chi connectivity index (χ3v) is 6.48. The largest absolute Gasteiger partial charge is 0.378 e. The summed E-state index contributed by atoms with van der Waals surface area (Å²) < 4.78 is 32.8. The van der Waals surface area contributed by atoms with Crippen LogP contribution in [-0.4, -0.2) is 52.1 Å². The second-order valence-electron chi connectivity index (χ2n) is 6.44. The highest BCUT2D eigenvalue weighted by atomic mass is 32.2. The second-order valence-corrected chi connectivity index (χ2v) is 8.30. The van der Waals surface area contributed by atoms with Gasteiger partial charge in [-0.15, -0.1) is 0 Å². The van der Waals surface area contributed by atoms with Gasteiger partial charge in [0.05, 0.1) is 23.8 Å².